The molecule has 1 aliphatic carbocycles. The maximum atomic E-state index is 13.3. The number of aryl methyl sites for hydroxylation is 3. The number of aromatic nitrogens is 4. The van der Waals surface area contributed by atoms with Crippen molar-refractivity contribution in [1.82, 2.24) is 34.2 Å². The van der Waals surface area contributed by atoms with Crippen molar-refractivity contribution in [1.29, 1.82) is 0 Å². The first kappa shape index (κ1) is 36.7. The van der Waals surface area contributed by atoms with Gasteiger partial charge in [0.05, 0.1) is 35.5 Å². The number of hydrogen-bond acceptors (Lipinski definition) is 9. The van der Waals surface area contributed by atoms with Gasteiger partial charge < -0.3 is 25.0 Å². The van der Waals surface area contributed by atoms with E-state index < -0.39 is 11.2 Å². The first-order valence-electron chi connectivity index (χ1n) is 18.5. The van der Waals surface area contributed by atoms with E-state index in [0.717, 1.165) is 76.1 Å². The smallest absolute Gasteiger partial charge is 0.330 e. The molecule has 8 rings (SSSR count). The number of likely N-dealkylation sites (tertiary alicyclic amines) is 1. The molecular weight excluding hydrogens is 720 g/mol. The molecule has 2 fully saturated rings. The van der Waals surface area contributed by atoms with Crippen LogP contribution >= 0.6 is 11.6 Å². The number of ether oxygens (including phenoxy) is 2. The Balaban J connectivity index is 1.10. The molecule has 3 aromatic heterocycles. The molecule has 13 nitrogen and oxygen atoms in total. The molecule has 0 bridgehead atoms. The molecule has 3 aliphatic rings. The Morgan fingerprint density at radius 3 is 2.53 bits per heavy atom. The molecule has 2 atom stereocenters. The number of hydrogen-bond donors (Lipinski definition) is 2. The number of nitrogens with zero attached hydrogens (tertiary/aromatic N) is 6. The molecule has 1 spiro atoms. The number of urea groups is 1. The predicted molar refractivity (Wildman–Crippen MR) is 214 cm³/mol. The highest BCUT2D eigenvalue weighted by Crippen LogP contribution is 2.46. The van der Waals surface area contributed by atoms with E-state index in [0.29, 0.717) is 53.0 Å². The lowest BCUT2D eigenvalue weighted by atomic mass is 9.96. The van der Waals surface area contributed by atoms with Gasteiger partial charge in [-0.15, -0.1) is 0 Å². The quantitative estimate of drug-likeness (QED) is 0.200. The minimum absolute atomic E-state index is 0.0231. The number of anilines is 2. The van der Waals surface area contributed by atoms with Gasteiger partial charge >= 0.3 is 11.7 Å². The zero-order chi connectivity index (χ0) is 38.8. The molecule has 2 aliphatic heterocycles. The fraction of sp³-hybridized carbons (Fsp3) is 0.390. The largest absolute Gasteiger partial charge is 0.481 e. The Morgan fingerprint density at radius 2 is 1.75 bits per heavy atom. The molecule has 2 N–H and O–H groups in total. The lowest BCUT2D eigenvalue weighted by molar-refractivity contribution is 0.158. The van der Waals surface area contributed by atoms with Crippen LogP contribution in [-0.4, -0.2) is 87.5 Å². The summed E-state index contributed by atoms with van der Waals surface area (Å²) in [6, 6.07) is 15.9. The second-order valence-corrected chi connectivity index (χ2v) is 15.3. The first-order chi connectivity index (χ1) is 26.4. The Bertz CT molecular complexity index is 2500. The number of pyridine rings is 2. The molecule has 0 unspecified atom stereocenters. The number of methoxy groups -OCH3 is 2. The van der Waals surface area contributed by atoms with Gasteiger partial charge in [-0.3, -0.25) is 18.8 Å². The summed E-state index contributed by atoms with van der Waals surface area (Å²) >= 11 is 7.29. The Hall–Kier alpha value is -5.24. The third kappa shape index (κ3) is 6.24. The number of benzene rings is 2. The lowest BCUT2D eigenvalue weighted by Gasteiger charge is -2.28. The van der Waals surface area contributed by atoms with Crippen molar-refractivity contribution in [2.75, 3.05) is 52.3 Å². The van der Waals surface area contributed by atoms with Crippen LogP contribution in [0.4, 0.5) is 16.3 Å². The predicted octanol–water partition coefficient (Wildman–Crippen LogP) is 5.49. The Labute approximate surface area is 323 Å². The number of amides is 2. The first-order valence-corrected chi connectivity index (χ1v) is 18.9. The van der Waals surface area contributed by atoms with Crippen molar-refractivity contribution >= 4 is 40.0 Å². The minimum atomic E-state index is -0.419. The average molecular weight is 765 g/mol. The van der Waals surface area contributed by atoms with Crippen molar-refractivity contribution in [3.63, 3.8) is 0 Å². The van der Waals surface area contributed by atoms with Gasteiger partial charge in [0.1, 0.15) is 11.2 Å². The van der Waals surface area contributed by atoms with Crippen molar-refractivity contribution in [3.8, 4) is 28.3 Å². The second kappa shape index (κ2) is 14.1. The number of halogens is 1. The van der Waals surface area contributed by atoms with Crippen LogP contribution in [0.25, 0.3) is 33.3 Å². The summed E-state index contributed by atoms with van der Waals surface area (Å²) in [6.45, 7) is 7.25. The maximum absolute atomic E-state index is 13.3. The summed E-state index contributed by atoms with van der Waals surface area (Å²) < 4.78 is 13.8. The Morgan fingerprint density at radius 1 is 0.982 bits per heavy atom. The standard InChI is InChI=1S/C41H45ClN8O5/c1-23-19-32-34(38(51)48(4)40(53)47(32)3)36(43-23)44-29-12-8-9-26(24(29)2)27-10-7-11-28(35(27)42)30-20-25-13-14-31(33(25)37(45-30)55-6)49-16-15-41(21-49)22-50(17-18-54-5)39(52)46-41/h7-12,19-20,31H,13-18,21-22H2,1-6H3,(H,43,44)(H,46,52)/t31-,41+/m0/s1. The molecule has 5 heterocycles. The monoisotopic (exact) mass is 764 g/mol. The topological polar surface area (TPSA) is 136 Å². The van der Waals surface area contributed by atoms with E-state index in [1.165, 1.54) is 17.2 Å². The molecule has 55 heavy (non-hydrogen) atoms. The van der Waals surface area contributed by atoms with Crippen molar-refractivity contribution in [3.05, 3.63) is 96.8 Å². The summed E-state index contributed by atoms with van der Waals surface area (Å²) in [5.74, 6) is 0.971. The number of carbonyl (C=O) groups excluding carboxylic acids is 1. The second-order valence-electron chi connectivity index (χ2n) is 15.0. The Kier molecular flexibility index (Phi) is 9.43. The van der Waals surface area contributed by atoms with Crippen LogP contribution in [0.2, 0.25) is 5.02 Å². The van der Waals surface area contributed by atoms with Crippen LogP contribution < -0.4 is 26.6 Å². The molecule has 14 heteroatoms. The van der Waals surface area contributed by atoms with Gasteiger partial charge in [-0.25, -0.2) is 19.6 Å². The summed E-state index contributed by atoms with van der Waals surface area (Å²) in [7, 11) is 6.44. The molecule has 0 saturated carbocycles. The van der Waals surface area contributed by atoms with Crippen LogP contribution in [0.5, 0.6) is 5.88 Å². The van der Waals surface area contributed by atoms with Crippen LogP contribution in [0.3, 0.4) is 0 Å². The average Bonchev–Trinajstić information content (AvgIpc) is 3.88. The van der Waals surface area contributed by atoms with Gasteiger partial charge in [-0.1, -0.05) is 41.9 Å². The van der Waals surface area contributed by atoms with Crippen molar-refractivity contribution in [2.45, 2.75) is 44.7 Å². The van der Waals surface area contributed by atoms with Gasteiger partial charge in [0, 0.05) is 81.5 Å². The number of carbonyl (C=O) groups is 1. The zero-order valence-corrected chi connectivity index (χ0v) is 32.7. The van der Waals surface area contributed by atoms with E-state index in [2.05, 4.69) is 26.6 Å². The molecule has 286 valence electrons. The summed E-state index contributed by atoms with van der Waals surface area (Å²) in [5.41, 5.74) is 7.32. The zero-order valence-electron chi connectivity index (χ0n) is 32.0. The highest BCUT2D eigenvalue weighted by molar-refractivity contribution is 6.36. The number of rotatable bonds is 9. The molecule has 5 aromatic rings. The van der Waals surface area contributed by atoms with E-state index >= 15 is 0 Å². The fourth-order valence-corrected chi connectivity index (χ4v) is 9.06. The van der Waals surface area contributed by atoms with Gasteiger partial charge in [0.2, 0.25) is 5.88 Å². The highest BCUT2D eigenvalue weighted by Gasteiger charge is 2.49. The van der Waals surface area contributed by atoms with Crippen LogP contribution in [0.1, 0.15) is 41.3 Å². The lowest BCUT2D eigenvalue weighted by Crippen LogP contribution is -2.46. The molecule has 0 radical (unpaired) electrons. The van der Waals surface area contributed by atoms with E-state index in [-0.39, 0.29) is 17.6 Å². The van der Waals surface area contributed by atoms with Crippen LogP contribution in [-0.2, 0) is 25.3 Å². The highest BCUT2D eigenvalue weighted by atomic mass is 35.5. The maximum Gasteiger partial charge on any atom is 0.330 e. The summed E-state index contributed by atoms with van der Waals surface area (Å²) in [5, 5.41) is 7.58. The van der Waals surface area contributed by atoms with Crippen molar-refractivity contribution < 1.29 is 14.3 Å². The van der Waals surface area contributed by atoms with Gasteiger partial charge in [-0.2, -0.15) is 0 Å². The molecule has 2 aromatic carbocycles. The van der Waals surface area contributed by atoms with E-state index in [9.17, 15) is 14.4 Å². The minimum Gasteiger partial charge on any atom is -0.481 e. The van der Waals surface area contributed by atoms with Crippen molar-refractivity contribution in [2.24, 2.45) is 14.1 Å². The van der Waals surface area contributed by atoms with Crippen LogP contribution in [0, 0.1) is 13.8 Å². The summed E-state index contributed by atoms with van der Waals surface area (Å²) in [6.07, 6.45) is 2.71. The molecule has 2 amide bonds. The van der Waals surface area contributed by atoms with E-state index in [1.807, 2.05) is 55.1 Å². The van der Waals surface area contributed by atoms with E-state index in [1.54, 1.807) is 27.3 Å². The fourth-order valence-electron chi connectivity index (χ4n) is 8.74. The normalized spacial score (nSPS) is 19.4. The summed E-state index contributed by atoms with van der Waals surface area (Å²) in [4.78, 5) is 52.9. The number of nitrogens with one attached hydrogen (secondary N) is 2. The SMILES string of the molecule is COCCN1C[C@]2(CCN([C@H]3CCc4cc(-c5cccc(-c6cccc(Nc7nc(C)cc8c7c(=O)n(C)c(=O)n8C)c6C)c5Cl)nc(OC)c43)C2)NC1=O. The molecule has 2 saturated heterocycles. The van der Waals surface area contributed by atoms with E-state index in [4.69, 9.17) is 26.1 Å². The molecular formula is C41H45ClN8O5. The van der Waals surface area contributed by atoms with Gasteiger partial charge in [-0.05, 0) is 68.0 Å². The van der Waals surface area contributed by atoms with Gasteiger partial charge in [0.15, 0.2) is 0 Å². The number of fused-ring (bicyclic) bond motifs is 2. The third-order valence-electron chi connectivity index (χ3n) is 11.6. The van der Waals surface area contributed by atoms with Gasteiger partial charge in [0.25, 0.3) is 5.56 Å². The van der Waals surface area contributed by atoms with Crippen LogP contribution in [0.15, 0.2) is 58.1 Å². The third-order valence-corrected chi connectivity index (χ3v) is 12.0.